The van der Waals surface area contributed by atoms with E-state index >= 15 is 0 Å². The van der Waals surface area contributed by atoms with Crippen molar-refractivity contribution in [3.63, 3.8) is 0 Å². The van der Waals surface area contributed by atoms with Crippen molar-refractivity contribution in [1.82, 2.24) is 0 Å². The Morgan fingerprint density at radius 3 is 2.69 bits per heavy atom. The van der Waals surface area contributed by atoms with Crippen LogP contribution in [0, 0.1) is 0 Å². The summed E-state index contributed by atoms with van der Waals surface area (Å²) in [4.78, 5) is 3.24. The van der Waals surface area contributed by atoms with Gasteiger partial charge in [-0.1, -0.05) is 13.3 Å². The average Bonchev–Trinajstić information content (AvgIpc) is 2.02. The van der Waals surface area contributed by atoms with E-state index in [1.807, 2.05) is 12.1 Å². The largest absolute Gasteiger partial charge is 0.292 e. The minimum atomic E-state index is -4.13. The topological polar surface area (TPSA) is 66.7 Å². The maximum atomic E-state index is 10.7. The average molecular weight is 221 g/mol. The molecule has 0 amide bonds. The molecule has 0 bridgehead atoms. The van der Waals surface area contributed by atoms with Crippen LogP contribution in [0.3, 0.4) is 0 Å². The van der Waals surface area contributed by atoms with E-state index < -0.39 is 10.1 Å². The minimum Gasteiger partial charge on any atom is -0.282 e. The van der Waals surface area contributed by atoms with Gasteiger partial charge in [0.25, 0.3) is 10.1 Å². The van der Waals surface area contributed by atoms with E-state index in [4.69, 9.17) is 4.55 Å². The number of hydrogen-bond donors (Lipinski definition) is 1. The Morgan fingerprint density at radius 2 is 2.31 bits per heavy atom. The van der Waals surface area contributed by atoms with Gasteiger partial charge in [-0.3, -0.25) is 4.55 Å². The molecule has 0 aromatic heterocycles. The van der Waals surface area contributed by atoms with E-state index in [1.165, 1.54) is 0 Å². The molecular weight excluding hydrogens is 210 g/mol. The molecule has 0 aliphatic carbocycles. The molecule has 0 radical (unpaired) electrons. The van der Waals surface area contributed by atoms with Gasteiger partial charge in [-0.05, 0) is 25.1 Å². The summed E-state index contributed by atoms with van der Waals surface area (Å²) in [7, 11) is -4.13. The normalized spacial score (nSPS) is 12.3. The molecule has 0 rings (SSSR count). The molecule has 0 fully saturated rings. The molecule has 0 aliphatic heterocycles. The maximum Gasteiger partial charge on any atom is 0.292 e. The van der Waals surface area contributed by atoms with Gasteiger partial charge in [0, 0.05) is 0 Å². The molecule has 74 valence electrons. The molecule has 6 heteroatoms. The molecule has 1 N–H and O–H groups in total. The van der Waals surface area contributed by atoms with Crippen LogP contribution in [-0.4, -0.2) is 18.1 Å². The first-order valence-corrected chi connectivity index (χ1v) is 5.60. The molecule has 0 spiro atoms. The van der Waals surface area contributed by atoms with Crippen molar-refractivity contribution in [1.29, 1.82) is 0 Å². The van der Waals surface area contributed by atoms with E-state index in [1.54, 1.807) is 0 Å². The second kappa shape index (κ2) is 5.99. The van der Waals surface area contributed by atoms with E-state index in [-0.39, 0.29) is 11.3 Å². The lowest BCUT2D eigenvalue weighted by Crippen LogP contribution is -2.01. The molecule has 13 heavy (non-hydrogen) atoms. The van der Waals surface area contributed by atoms with Crippen LogP contribution in [0.5, 0.6) is 0 Å². The second-order valence-electron chi connectivity index (χ2n) is 2.39. The third-order valence-electron chi connectivity index (χ3n) is 1.37. The molecule has 0 atom stereocenters. The summed E-state index contributed by atoms with van der Waals surface area (Å²) in [5.41, 5.74) is 0. The van der Waals surface area contributed by atoms with Gasteiger partial charge in [0.05, 0.1) is 16.3 Å². The fourth-order valence-electron chi connectivity index (χ4n) is 0.709. The van der Waals surface area contributed by atoms with Crippen LogP contribution in [0.2, 0.25) is 0 Å². The number of unbranched alkanes of at least 4 members (excludes halogenated alkanes) is 1. The van der Waals surface area contributed by atoms with Gasteiger partial charge in [0.2, 0.25) is 0 Å². The highest BCUT2D eigenvalue weighted by atomic mass is 32.2. The third-order valence-corrected chi connectivity index (χ3v) is 2.45. The highest BCUT2D eigenvalue weighted by molar-refractivity contribution is 7.89. The number of hydrogen-bond acceptors (Lipinski definition) is 4. The van der Waals surface area contributed by atoms with Crippen LogP contribution in [0.25, 0.3) is 0 Å². The van der Waals surface area contributed by atoms with Crippen LogP contribution in [0.4, 0.5) is 0 Å². The summed E-state index contributed by atoms with van der Waals surface area (Å²) >= 11 is 4.27. The smallest absolute Gasteiger partial charge is 0.282 e. The second-order valence-corrected chi connectivity index (χ2v) is 4.05. The Hall–Kier alpha value is -0.550. The van der Waals surface area contributed by atoms with E-state index in [0.29, 0.717) is 6.42 Å². The van der Waals surface area contributed by atoms with Crippen LogP contribution >= 0.6 is 12.2 Å². The highest BCUT2D eigenvalue weighted by Crippen LogP contribution is 2.13. The first-order valence-electron chi connectivity index (χ1n) is 3.76. The van der Waals surface area contributed by atoms with E-state index in [0.717, 1.165) is 12.6 Å². The lowest BCUT2D eigenvalue weighted by Gasteiger charge is -1.99. The summed E-state index contributed by atoms with van der Waals surface area (Å²) in [5.74, 6) is 0. The zero-order chi connectivity index (χ0) is 10.3. The Kier molecular flexibility index (Phi) is 5.73. The Bertz CT molecular complexity index is 326. The SMILES string of the molecule is CCCCC(=CN=C=S)S(=O)(=O)O. The van der Waals surface area contributed by atoms with Gasteiger partial charge in [-0.25, -0.2) is 4.99 Å². The van der Waals surface area contributed by atoms with Crippen molar-refractivity contribution in [2.45, 2.75) is 26.2 Å². The first kappa shape index (κ1) is 12.4. The van der Waals surface area contributed by atoms with Crippen molar-refractivity contribution in [2.75, 3.05) is 0 Å². The molecule has 0 aliphatic rings. The summed E-state index contributed by atoms with van der Waals surface area (Å²) in [5, 5.41) is 2.00. The zero-order valence-corrected chi connectivity index (χ0v) is 8.86. The molecular formula is C7H11NO3S2. The number of thiocarbonyl (C=S) groups is 1. The quantitative estimate of drug-likeness (QED) is 0.438. The molecule has 0 heterocycles. The molecule has 0 saturated heterocycles. The van der Waals surface area contributed by atoms with E-state index in [9.17, 15) is 8.42 Å². The van der Waals surface area contributed by atoms with Crippen molar-refractivity contribution >= 4 is 27.5 Å². The first-order chi connectivity index (χ1) is 6.02. The standard InChI is InChI=1S/C7H11NO3S2/c1-2-3-4-7(5-8-6-12)13(9,10)11/h5H,2-4H2,1H3,(H,9,10,11). The van der Waals surface area contributed by atoms with Crippen molar-refractivity contribution in [3.8, 4) is 0 Å². The van der Waals surface area contributed by atoms with Crippen LogP contribution in [0.15, 0.2) is 16.1 Å². The number of nitrogens with zero attached hydrogens (tertiary/aromatic N) is 1. The van der Waals surface area contributed by atoms with Gasteiger partial charge in [0.1, 0.15) is 0 Å². The van der Waals surface area contributed by atoms with Crippen LogP contribution in [-0.2, 0) is 10.1 Å². The molecule has 4 nitrogen and oxygen atoms in total. The van der Waals surface area contributed by atoms with Crippen LogP contribution < -0.4 is 0 Å². The predicted molar refractivity (Wildman–Crippen MR) is 54.2 cm³/mol. The van der Waals surface area contributed by atoms with Crippen LogP contribution in [0.1, 0.15) is 26.2 Å². The number of allylic oxidation sites excluding steroid dienone is 1. The van der Waals surface area contributed by atoms with Gasteiger partial charge < -0.3 is 0 Å². The molecule has 0 aromatic carbocycles. The van der Waals surface area contributed by atoms with Crippen molar-refractivity contribution in [2.24, 2.45) is 4.99 Å². The number of rotatable bonds is 5. The monoisotopic (exact) mass is 221 g/mol. The molecule has 0 aromatic rings. The van der Waals surface area contributed by atoms with Gasteiger partial charge >= 0.3 is 0 Å². The highest BCUT2D eigenvalue weighted by Gasteiger charge is 2.12. The maximum absolute atomic E-state index is 10.7. The lowest BCUT2D eigenvalue weighted by atomic mass is 10.2. The Labute approximate surface area is 83.1 Å². The summed E-state index contributed by atoms with van der Waals surface area (Å²) in [6.45, 7) is 1.92. The number of isothiocyanates is 1. The molecule has 0 saturated carbocycles. The predicted octanol–water partition coefficient (Wildman–Crippen LogP) is 2.01. The molecule has 0 unspecified atom stereocenters. The van der Waals surface area contributed by atoms with Gasteiger partial charge in [0.15, 0.2) is 0 Å². The third kappa shape index (κ3) is 5.65. The lowest BCUT2D eigenvalue weighted by molar-refractivity contribution is 0.488. The minimum absolute atomic E-state index is 0.119. The summed E-state index contributed by atoms with van der Waals surface area (Å²) in [6.07, 6.45) is 2.82. The fourth-order valence-corrected chi connectivity index (χ4v) is 1.35. The fraction of sp³-hybridized carbons (Fsp3) is 0.571. The zero-order valence-electron chi connectivity index (χ0n) is 7.23. The Balaban J connectivity index is 4.66. The summed E-state index contributed by atoms with van der Waals surface area (Å²) in [6, 6.07) is 0. The Morgan fingerprint density at radius 1 is 1.69 bits per heavy atom. The van der Waals surface area contributed by atoms with E-state index in [2.05, 4.69) is 17.2 Å². The summed E-state index contributed by atoms with van der Waals surface area (Å²) < 4.78 is 30.1. The van der Waals surface area contributed by atoms with Crippen molar-refractivity contribution < 1.29 is 13.0 Å². The van der Waals surface area contributed by atoms with Gasteiger partial charge in [-0.2, -0.15) is 8.42 Å². The van der Waals surface area contributed by atoms with Gasteiger partial charge in [-0.15, -0.1) is 0 Å². The number of aliphatic imine (C=N–C) groups is 1. The van der Waals surface area contributed by atoms with Crippen molar-refractivity contribution in [3.05, 3.63) is 11.1 Å².